The summed E-state index contributed by atoms with van der Waals surface area (Å²) in [4.78, 5) is 29.4. The van der Waals surface area contributed by atoms with E-state index in [2.05, 4.69) is 21.2 Å². The Kier molecular flexibility index (Phi) is 9.60. The summed E-state index contributed by atoms with van der Waals surface area (Å²) in [5.74, 6) is -0.212. The molecule has 1 saturated carbocycles. The average molecular weight is 568 g/mol. The monoisotopic (exact) mass is 566 g/mol. The molecule has 4 rings (SSSR count). The van der Waals surface area contributed by atoms with Gasteiger partial charge in [0.25, 0.3) is 0 Å². The molecule has 0 spiro atoms. The third-order valence-corrected chi connectivity index (χ3v) is 7.63. The van der Waals surface area contributed by atoms with Crippen LogP contribution in [0.4, 0.5) is 0 Å². The highest BCUT2D eigenvalue weighted by Gasteiger charge is 2.32. The van der Waals surface area contributed by atoms with Crippen LogP contribution in [0.3, 0.4) is 0 Å². The first kappa shape index (κ1) is 26.4. The van der Waals surface area contributed by atoms with Gasteiger partial charge in [-0.3, -0.25) is 9.59 Å². The lowest BCUT2D eigenvalue weighted by Crippen LogP contribution is -2.53. The second kappa shape index (κ2) is 13.1. The number of benzene rings is 3. The van der Waals surface area contributed by atoms with Gasteiger partial charge in [-0.1, -0.05) is 107 Å². The minimum atomic E-state index is -0.636. The zero-order valence-electron chi connectivity index (χ0n) is 20.3. The molecule has 0 saturated heterocycles. The number of rotatable bonds is 9. The molecule has 36 heavy (non-hydrogen) atoms. The summed E-state index contributed by atoms with van der Waals surface area (Å²) in [7, 11) is 0. The van der Waals surface area contributed by atoms with Crippen LogP contribution < -0.4 is 5.32 Å². The molecule has 0 bridgehead atoms. The van der Waals surface area contributed by atoms with Crippen molar-refractivity contribution in [2.45, 2.75) is 63.6 Å². The molecule has 0 aromatic heterocycles. The third kappa shape index (κ3) is 7.44. The SMILES string of the molecule is O=C(NC1CCCCC1)[C@@H](Cc1ccccc1)N(Cc1cccc(Br)c1)C(=O)Cc1ccccc1Cl. The molecule has 0 radical (unpaired) electrons. The fourth-order valence-electron chi connectivity index (χ4n) is 4.84. The van der Waals surface area contributed by atoms with Crippen LogP contribution in [-0.2, 0) is 29.0 Å². The summed E-state index contributed by atoms with van der Waals surface area (Å²) < 4.78 is 0.935. The molecule has 1 fully saturated rings. The van der Waals surface area contributed by atoms with Gasteiger partial charge in [-0.2, -0.15) is 0 Å². The van der Waals surface area contributed by atoms with Crippen LogP contribution in [0.5, 0.6) is 0 Å². The number of carbonyl (C=O) groups is 2. The molecule has 2 amide bonds. The molecule has 1 aliphatic carbocycles. The van der Waals surface area contributed by atoms with Crippen molar-refractivity contribution in [2.24, 2.45) is 0 Å². The number of amides is 2. The van der Waals surface area contributed by atoms with E-state index in [4.69, 9.17) is 11.6 Å². The van der Waals surface area contributed by atoms with Crippen molar-refractivity contribution in [1.29, 1.82) is 0 Å². The lowest BCUT2D eigenvalue weighted by Gasteiger charge is -2.33. The van der Waals surface area contributed by atoms with Gasteiger partial charge in [0.1, 0.15) is 6.04 Å². The summed E-state index contributed by atoms with van der Waals surface area (Å²) in [6.07, 6.45) is 6.03. The summed E-state index contributed by atoms with van der Waals surface area (Å²) in [5, 5.41) is 3.83. The van der Waals surface area contributed by atoms with Crippen molar-refractivity contribution >= 4 is 39.3 Å². The van der Waals surface area contributed by atoms with Crippen molar-refractivity contribution in [2.75, 3.05) is 0 Å². The Hall–Kier alpha value is -2.63. The van der Waals surface area contributed by atoms with Gasteiger partial charge in [0.2, 0.25) is 11.8 Å². The topological polar surface area (TPSA) is 49.4 Å². The van der Waals surface area contributed by atoms with E-state index < -0.39 is 6.04 Å². The van der Waals surface area contributed by atoms with E-state index in [0.29, 0.717) is 18.0 Å². The highest BCUT2D eigenvalue weighted by Crippen LogP contribution is 2.23. The molecule has 1 N–H and O–H groups in total. The highest BCUT2D eigenvalue weighted by atomic mass is 79.9. The summed E-state index contributed by atoms with van der Waals surface area (Å²) in [5.41, 5.74) is 2.74. The Balaban J connectivity index is 1.66. The summed E-state index contributed by atoms with van der Waals surface area (Å²) in [6, 6.07) is 24.7. The van der Waals surface area contributed by atoms with Crippen LogP contribution in [0.25, 0.3) is 0 Å². The van der Waals surface area contributed by atoms with Crippen LogP contribution >= 0.6 is 27.5 Å². The molecule has 3 aromatic carbocycles. The Morgan fingerprint density at radius 1 is 0.917 bits per heavy atom. The van der Waals surface area contributed by atoms with Gasteiger partial charge in [-0.15, -0.1) is 0 Å². The predicted molar refractivity (Wildman–Crippen MR) is 149 cm³/mol. The number of carbonyl (C=O) groups excluding carboxylic acids is 2. The van der Waals surface area contributed by atoms with E-state index in [1.54, 1.807) is 11.0 Å². The third-order valence-electron chi connectivity index (χ3n) is 6.76. The fourth-order valence-corrected chi connectivity index (χ4v) is 5.49. The average Bonchev–Trinajstić information content (AvgIpc) is 2.88. The molecular weight excluding hydrogens is 536 g/mol. The van der Waals surface area contributed by atoms with Gasteiger partial charge >= 0.3 is 0 Å². The quantitative estimate of drug-likeness (QED) is 0.312. The second-order valence-electron chi connectivity index (χ2n) is 9.47. The van der Waals surface area contributed by atoms with Gasteiger partial charge in [0.05, 0.1) is 6.42 Å². The first-order valence-electron chi connectivity index (χ1n) is 12.6. The number of halogens is 2. The Morgan fingerprint density at radius 2 is 1.61 bits per heavy atom. The maximum absolute atomic E-state index is 13.9. The number of nitrogens with zero attached hydrogens (tertiary/aromatic N) is 1. The molecule has 0 aliphatic heterocycles. The first-order chi connectivity index (χ1) is 17.5. The first-order valence-corrected chi connectivity index (χ1v) is 13.8. The molecule has 4 nitrogen and oxygen atoms in total. The summed E-state index contributed by atoms with van der Waals surface area (Å²) in [6.45, 7) is 0.332. The van der Waals surface area contributed by atoms with Gasteiger partial charge in [0, 0.05) is 28.5 Å². The van der Waals surface area contributed by atoms with Crippen molar-refractivity contribution in [3.8, 4) is 0 Å². The lowest BCUT2D eigenvalue weighted by atomic mass is 9.94. The van der Waals surface area contributed by atoms with E-state index in [0.717, 1.165) is 46.8 Å². The van der Waals surface area contributed by atoms with E-state index in [9.17, 15) is 9.59 Å². The Labute approximate surface area is 227 Å². The standard InChI is InChI=1S/C30H32BrClN2O2/c31-25-14-9-12-23(18-25)21-34(29(35)20-24-13-7-8-17-27(24)32)28(19-22-10-3-1-4-11-22)30(36)33-26-15-5-2-6-16-26/h1,3-4,7-14,17-18,26,28H,2,5-6,15-16,19-21H2,(H,33,36)/t28-/m1/s1. The van der Waals surface area contributed by atoms with Crippen LogP contribution in [0.15, 0.2) is 83.3 Å². The maximum Gasteiger partial charge on any atom is 0.243 e. The predicted octanol–water partition coefficient (Wildman–Crippen LogP) is 6.73. The van der Waals surface area contributed by atoms with Gasteiger partial charge in [0.15, 0.2) is 0 Å². The smallest absolute Gasteiger partial charge is 0.243 e. The van der Waals surface area contributed by atoms with Gasteiger partial charge in [-0.25, -0.2) is 0 Å². The van der Waals surface area contributed by atoms with Crippen LogP contribution in [0, 0.1) is 0 Å². The maximum atomic E-state index is 13.9. The van der Waals surface area contributed by atoms with Crippen molar-refractivity contribution in [1.82, 2.24) is 10.2 Å². The van der Waals surface area contributed by atoms with Gasteiger partial charge in [-0.05, 0) is 47.7 Å². The van der Waals surface area contributed by atoms with E-state index in [1.165, 1.54) is 6.42 Å². The molecule has 188 valence electrons. The molecule has 3 aromatic rings. The number of hydrogen-bond acceptors (Lipinski definition) is 2. The molecule has 1 atom stereocenters. The van der Waals surface area contributed by atoms with E-state index in [-0.39, 0.29) is 24.3 Å². The van der Waals surface area contributed by atoms with Gasteiger partial charge < -0.3 is 10.2 Å². The normalized spacial score (nSPS) is 14.7. The Morgan fingerprint density at radius 3 is 2.33 bits per heavy atom. The largest absolute Gasteiger partial charge is 0.352 e. The van der Waals surface area contributed by atoms with E-state index >= 15 is 0 Å². The summed E-state index contributed by atoms with van der Waals surface area (Å²) >= 11 is 9.94. The van der Waals surface area contributed by atoms with Crippen molar-refractivity contribution in [3.63, 3.8) is 0 Å². The van der Waals surface area contributed by atoms with Crippen molar-refractivity contribution in [3.05, 3.63) is 105 Å². The zero-order valence-corrected chi connectivity index (χ0v) is 22.7. The number of nitrogens with one attached hydrogen (secondary N) is 1. The molecule has 6 heteroatoms. The minimum absolute atomic E-state index is 0.0896. The number of hydrogen-bond donors (Lipinski definition) is 1. The molecule has 0 heterocycles. The van der Waals surface area contributed by atoms with Crippen LogP contribution in [0.1, 0.15) is 48.8 Å². The van der Waals surface area contributed by atoms with E-state index in [1.807, 2.05) is 72.8 Å². The Bertz CT molecular complexity index is 1160. The molecule has 1 aliphatic rings. The molecule has 0 unspecified atom stereocenters. The van der Waals surface area contributed by atoms with Crippen LogP contribution in [0.2, 0.25) is 5.02 Å². The minimum Gasteiger partial charge on any atom is -0.352 e. The second-order valence-corrected chi connectivity index (χ2v) is 10.8. The lowest BCUT2D eigenvalue weighted by molar-refractivity contribution is -0.141. The molecular formula is C30H32BrClN2O2. The van der Waals surface area contributed by atoms with Crippen LogP contribution in [-0.4, -0.2) is 28.8 Å². The fraction of sp³-hybridized carbons (Fsp3) is 0.333. The zero-order chi connectivity index (χ0) is 25.3. The highest BCUT2D eigenvalue weighted by molar-refractivity contribution is 9.10. The van der Waals surface area contributed by atoms with Crippen molar-refractivity contribution < 1.29 is 9.59 Å².